The van der Waals surface area contributed by atoms with Crippen molar-refractivity contribution >= 4 is 50.0 Å². The van der Waals surface area contributed by atoms with Gasteiger partial charge in [0.15, 0.2) is 0 Å². The number of anilines is 2. The van der Waals surface area contributed by atoms with Crippen molar-refractivity contribution in [3.05, 3.63) is 82.8 Å². The first-order valence-electron chi connectivity index (χ1n) is 9.73. The third kappa shape index (κ3) is 5.14. The molecule has 34 heavy (non-hydrogen) atoms. The van der Waals surface area contributed by atoms with Crippen molar-refractivity contribution in [1.82, 2.24) is 19.5 Å². The molecule has 176 valence electrons. The number of carbonyl (C=O) groups excluding carboxylic acids is 1. The molecule has 0 radical (unpaired) electrons. The van der Waals surface area contributed by atoms with Gasteiger partial charge in [-0.25, -0.2) is 8.78 Å². The fraction of sp³-hybridized carbons (Fsp3) is 0.0952. The van der Waals surface area contributed by atoms with E-state index in [2.05, 4.69) is 24.8 Å². The fourth-order valence-corrected chi connectivity index (χ4v) is 4.22. The largest absolute Gasteiger partial charge is 0.321 e. The first-order chi connectivity index (χ1) is 16.1. The Balaban J connectivity index is 1.52. The van der Waals surface area contributed by atoms with Gasteiger partial charge in [-0.2, -0.15) is 18.2 Å². The highest BCUT2D eigenvalue weighted by molar-refractivity contribution is 7.90. The Hall–Kier alpha value is -3.61. The minimum Gasteiger partial charge on any atom is -0.321 e. The van der Waals surface area contributed by atoms with Gasteiger partial charge in [0.05, 0.1) is 28.5 Å². The van der Waals surface area contributed by atoms with E-state index in [-0.39, 0.29) is 28.6 Å². The first kappa shape index (κ1) is 23.5. The van der Waals surface area contributed by atoms with Crippen molar-refractivity contribution in [3.63, 3.8) is 0 Å². The number of fused-ring (bicyclic) bond motifs is 1. The molecule has 0 fully saturated rings. The predicted molar refractivity (Wildman–Crippen MR) is 124 cm³/mol. The monoisotopic (exact) mass is 506 g/mol. The number of hydrogen-bond acceptors (Lipinski definition) is 5. The van der Waals surface area contributed by atoms with Crippen LogP contribution >= 0.6 is 11.6 Å². The Morgan fingerprint density at radius 1 is 1.09 bits per heavy atom. The molecule has 2 aromatic carbocycles. The lowest BCUT2D eigenvalue weighted by atomic mass is 10.2. The van der Waals surface area contributed by atoms with Crippen LogP contribution in [0.1, 0.15) is 16.2 Å². The molecule has 0 saturated carbocycles. The molecule has 0 aliphatic carbocycles. The predicted octanol–water partition coefficient (Wildman–Crippen LogP) is 3.60. The fourth-order valence-electron chi connectivity index (χ4n) is 3.20. The number of amides is 1. The summed E-state index contributed by atoms with van der Waals surface area (Å²) in [6.07, 6.45) is 1.35. The van der Waals surface area contributed by atoms with Crippen LogP contribution in [0.15, 0.2) is 54.7 Å². The van der Waals surface area contributed by atoms with Gasteiger partial charge in [0, 0.05) is 24.3 Å². The van der Waals surface area contributed by atoms with E-state index in [0.717, 1.165) is 6.07 Å². The third-order valence-electron chi connectivity index (χ3n) is 4.74. The maximum atomic E-state index is 13.7. The minimum atomic E-state index is -4.05. The number of nitrogens with zero attached hydrogens (tertiary/aromatic N) is 3. The molecular weight excluding hydrogens is 490 g/mol. The van der Waals surface area contributed by atoms with Crippen molar-refractivity contribution in [2.75, 3.05) is 10.0 Å². The summed E-state index contributed by atoms with van der Waals surface area (Å²) in [4.78, 5) is 16.6. The van der Waals surface area contributed by atoms with Crippen molar-refractivity contribution in [1.29, 1.82) is 0 Å². The Morgan fingerprint density at radius 2 is 1.85 bits per heavy atom. The second-order valence-electron chi connectivity index (χ2n) is 7.15. The molecule has 13 heteroatoms. The van der Waals surface area contributed by atoms with E-state index < -0.39 is 27.8 Å². The summed E-state index contributed by atoms with van der Waals surface area (Å²) in [7, 11) is -2.49. The summed E-state index contributed by atoms with van der Waals surface area (Å²) in [5.41, 5.74) is 0.975. The molecule has 0 aliphatic rings. The number of hydrogen-bond donors (Lipinski definition) is 3. The Kier molecular flexibility index (Phi) is 6.46. The Morgan fingerprint density at radius 3 is 2.59 bits per heavy atom. The molecule has 0 saturated heterocycles. The van der Waals surface area contributed by atoms with Gasteiger partial charge in [0.1, 0.15) is 17.3 Å². The highest BCUT2D eigenvalue weighted by atomic mass is 35.5. The van der Waals surface area contributed by atoms with E-state index in [9.17, 15) is 22.0 Å². The molecule has 1 amide bonds. The number of benzene rings is 2. The van der Waals surface area contributed by atoms with Crippen LogP contribution in [0.5, 0.6) is 0 Å². The van der Waals surface area contributed by atoms with Crippen LogP contribution in [0.2, 0.25) is 5.02 Å². The molecule has 0 atom stereocenters. The van der Waals surface area contributed by atoms with Crippen molar-refractivity contribution in [2.24, 2.45) is 7.05 Å². The minimum absolute atomic E-state index is 0.0499. The van der Waals surface area contributed by atoms with Gasteiger partial charge in [-0.1, -0.05) is 11.6 Å². The summed E-state index contributed by atoms with van der Waals surface area (Å²) >= 11 is 5.76. The SMILES string of the molecule is Cn1nc2cc(NS(=O)(=O)NCc3ncccc3F)ccc2c1C(=O)Nc1ccc(F)c(Cl)c1. The maximum Gasteiger partial charge on any atom is 0.299 e. The summed E-state index contributed by atoms with van der Waals surface area (Å²) in [6, 6.07) is 10.8. The Bertz CT molecular complexity index is 1510. The molecule has 9 nitrogen and oxygen atoms in total. The number of nitrogens with one attached hydrogen (secondary N) is 3. The molecule has 4 rings (SSSR count). The standard InChI is InChI=1S/C21H17ClF2N6O3S/c1-30-20(21(31)27-12-5-7-16(23)15(22)9-12)14-6-4-13(10-18(14)28-30)29-34(32,33)26-11-19-17(24)3-2-8-25-19/h2-10,26,29H,11H2,1H3,(H,27,31). The van der Waals surface area contributed by atoms with Gasteiger partial charge < -0.3 is 5.32 Å². The molecule has 2 aromatic heterocycles. The Labute approximate surface area is 197 Å². The lowest BCUT2D eigenvalue weighted by molar-refractivity contribution is 0.101. The van der Waals surface area contributed by atoms with Gasteiger partial charge in [0.25, 0.3) is 16.1 Å². The quantitative estimate of drug-likeness (QED) is 0.354. The van der Waals surface area contributed by atoms with E-state index in [1.54, 1.807) is 7.05 Å². The van der Waals surface area contributed by atoms with Crippen LogP contribution in [-0.2, 0) is 23.8 Å². The number of aryl methyl sites for hydroxylation is 1. The molecule has 0 bridgehead atoms. The van der Waals surface area contributed by atoms with Crippen LogP contribution in [-0.4, -0.2) is 29.1 Å². The molecule has 2 heterocycles. The summed E-state index contributed by atoms with van der Waals surface area (Å²) < 4.78 is 57.6. The number of pyridine rings is 1. The first-order valence-corrected chi connectivity index (χ1v) is 11.6. The molecule has 0 aliphatic heterocycles. The van der Waals surface area contributed by atoms with Gasteiger partial charge in [-0.3, -0.25) is 19.2 Å². The molecular formula is C21H17ClF2N6O3S. The lowest BCUT2D eigenvalue weighted by Gasteiger charge is -2.09. The van der Waals surface area contributed by atoms with Gasteiger partial charge in [0.2, 0.25) is 0 Å². The van der Waals surface area contributed by atoms with E-state index in [1.807, 2.05) is 0 Å². The normalized spacial score (nSPS) is 11.5. The highest BCUT2D eigenvalue weighted by Gasteiger charge is 2.19. The zero-order chi connectivity index (χ0) is 24.5. The van der Waals surface area contributed by atoms with Crippen LogP contribution < -0.4 is 14.8 Å². The number of rotatable bonds is 7. The van der Waals surface area contributed by atoms with Gasteiger partial charge in [-0.05, 0) is 48.5 Å². The second kappa shape index (κ2) is 9.33. The van der Waals surface area contributed by atoms with Crippen LogP contribution in [0, 0.1) is 11.6 Å². The van der Waals surface area contributed by atoms with E-state index in [0.29, 0.717) is 16.6 Å². The van der Waals surface area contributed by atoms with E-state index in [4.69, 9.17) is 11.6 Å². The van der Waals surface area contributed by atoms with Crippen LogP contribution in [0.4, 0.5) is 20.2 Å². The van der Waals surface area contributed by atoms with E-state index in [1.165, 1.54) is 53.3 Å². The van der Waals surface area contributed by atoms with Crippen molar-refractivity contribution < 1.29 is 22.0 Å². The van der Waals surface area contributed by atoms with Gasteiger partial charge >= 0.3 is 0 Å². The third-order valence-corrected chi connectivity index (χ3v) is 6.06. The average Bonchev–Trinajstić information content (AvgIpc) is 3.10. The molecule has 4 aromatic rings. The molecule has 0 spiro atoms. The maximum absolute atomic E-state index is 13.7. The summed E-state index contributed by atoms with van der Waals surface area (Å²) in [5.74, 6) is -1.76. The smallest absolute Gasteiger partial charge is 0.299 e. The second-order valence-corrected chi connectivity index (χ2v) is 9.05. The molecule has 3 N–H and O–H groups in total. The molecule has 0 unspecified atom stereocenters. The zero-order valence-corrected chi connectivity index (χ0v) is 19.1. The van der Waals surface area contributed by atoms with Crippen LogP contribution in [0.25, 0.3) is 10.9 Å². The lowest BCUT2D eigenvalue weighted by Crippen LogP contribution is -2.30. The number of halogens is 3. The average molecular weight is 507 g/mol. The summed E-state index contributed by atoms with van der Waals surface area (Å²) in [5, 5.41) is 7.21. The van der Waals surface area contributed by atoms with Crippen molar-refractivity contribution in [2.45, 2.75) is 6.54 Å². The zero-order valence-electron chi connectivity index (χ0n) is 17.5. The topological polar surface area (TPSA) is 118 Å². The van der Waals surface area contributed by atoms with E-state index >= 15 is 0 Å². The number of aromatic nitrogens is 3. The summed E-state index contributed by atoms with van der Waals surface area (Å²) in [6.45, 7) is -0.342. The highest BCUT2D eigenvalue weighted by Crippen LogP contribution is 2.24. The van der Waals surface area contributed by atoms with Crippen molar-refractivity contribution in [3.8, 4) is 0 Å². The van der Waals surface area contributed by atoms with Crippen LogP contribution in [0.3, 0.4) is 0 Å². The van der Waals surface area contributed by atoms with Gasteiger partial charge in [-0.15, -0.1) is 0 Å². The number of carbonyl (C=O) groups is 1.